The Morgan fingerprint density at radius 2 is 1.76 bits per heavy atom. The van der Waals surface area contributed by atoms with Crippen LogP contribution in [-0.4, -0.2) is 37.3 Å². The van der Waals surface area contributed by atoms with Crippen LogP contribution in [0.4, 0.5) is 17.5 Å². The molecular formula is C22H26N4O3. The summed E-state index contributed by atoms with van der Waals surface area (Å²) < 4.78 is 16.3. The minimum absolute atomic E-state index is 0.560. The van der Waals surface area contributed by atoms with Crippen molar-refractivity contribution in [1.29, 1.82) is 0 Å². The van der Waals surface area contributed by atoms with Gasteiger partial charge in [0.1, 0.15) is 11.6 Å². The van der Waals surface area contributed by atoms with Crippen LogP contribution in [0.3, 0.4) is 0 Å². The maximum atomic E-state index is 5.65. The topological polar surface area (TPSA) is 77.5 Å². The molecule has 0 spiro atoms. The van der Waals surface area contributed by atoms with Crippen LogP contribution in [0.2, 0.25) is 0 Å². The third-order valence-corrected chi connectivity index (χ3v) is 4.25. The highest BCUT2D eigenvalue weighted by Crippen LogP contribution is 2.28. The van der Waals surface area contributed by atoms with Crippen LogP contribution >= 0.6 is 0 Å². The fourth-order valence-electron chi connectivity index (χ4n) is 2.86. The Kier molecular flexibility index (Phi) is 7.10. The molecular weight excluding hydrogens is 368 g/mol. The molecule has 0 atom stereocenters. The Bertz CT molecular complexity index is 933. The lowest BCUT2D eigenvalue weighted by Crippen LogP contribution is -2.09. The van der Waals surface area contributed by atoms with E-state index in [9.17, 15) is 0 Å². The molecule has 0 unspecified atom stereocenters. The van der Waals surface area contributed by atoms with Crippen LogP contribution in [-0.2, 0) is 6.42 Å². The summed E-state index contributed by atoms with van der Waals surface area (Å²) in [7, 11) is 3.26. The minimum atomic E-state index is 0.560. The summed E-state index contributed by atoms with van der Waals surface area (Å²) in [6, 6.07) is 15.5. The average molecular weight is 394 g/mol. The number of ether oxygens (including phenoxy) is 3. The molecule has 3 rings (SSSR count). The zero-order chi connectivity index (χ0) is 20.5. The standard InChI is InChI=1S/C22H26N4O3/c1-4-29-18-8-6-5-7-17(18)25-21-12-14-24-22(26-21)23-13-11-16-9-10-19(27-2)20(15-16)28-3/h5-10,12,14-15H,4,11,13H2,1-3H3,(H2,23,24,25,26). The number of methoxy groups -OCH3 is 2. The van der Waals surface area contributed by atoms with Crippen molar-refractivity contribution in [1.82, 2.24) is 9.97 Å². The lowest BCUT2D eigenvalue weighted by Gasteiger charge is -2.12. The van der Waals surface area contributed by atoms with Crippen LogP contribution in [0.5, 0.6) is 17.2 Å². The molecule has 0 radical (unpaired) electrons. The monoisotopic (exact) mass is 394 g/mol. The van der Waals surface area contributed by atoms with E-state index in [-0.39, 0.29) is 0 Å². The molecule has 2 aromatic carbocycles. The predicted molar refractivity (Wildman–Crippen MR) is 115 cm³/mol. The highest BCUT2D eigenvalue weighted by atomic mass is 16.5. The van der Waals surface area contributed by atoms with Gasteiger partial charge in [-0.05, 0) is 49.2 Å². The number of nitrogens with zero attached hydrogens (tertiary/aromatic N) is 2. The van der Waals surface area contributed by atoms with Crippen molar-refractivity contribution in [3.05, 3.63) is 60.3 Å². The first-order chi connectivity index (χ1) is 14.2. The molecule has 0 amide bonds. The van der Waals surface area contributed by atoms with E-state index in [0.717, 1.165) is 34.9 Å². The highest BCUT2D eigenvalue weighted by molar-refractivity contribution is 5.64. The van der Waals surface area contributed by atoms with E-state index < -0.39 is 0 Å². The van der Waals surface area contributed by atoms with E-state index in [1.54, 1.807) is 20.4 Å². The summed E-state index contributed by atoms with van der Waals surface area (Å²) in [4.78, 5) is 8.82. The summed E-state index contributed by atoms with van der Waals surface area (Å²) in [5, 5.41) is 6.55. The fourth-order valence-corrected chi connectivity index (χ4v) is 2.86. The molecule has 7 nitrogen and oxygen atoms in total. The number of aromatic nitrogens is 2. The van der Waals surface area contributed by atoms with Gasteiger partial charge in [0, 0.05) is 12.7 Å². The quantitative estimate of drug-likeness (QED) is 0.531. The molecule has 152 valence electrons. The second-order valence-corrected chi connectivity index (χ2v) is 6.19. The van der Waals surface area contributed by atoms with Gasteiger partial charge in [-0.1, -0.05) is 18.2 Å². The minimum Gasteiger partial charge on any atom is -0.493 e. The normalized spacial score (nSPS) is 10.3. The van der Waals surface area contributed by atoms with Crippen LogP contribution in [0.25, 0.3) is 0 Å². The van der Waals surface area contributed by atoms with Gasteiger partial charge < -0.3 is 24.8 Å². The maximum absolute atomic E-state index is 5.65. The number of benzene rings is 2. The maximum Gasteiger partial charge on any atom is 0.224 e. The van der Waals surface area contributed by atoms with Crippen molar-refractivity contribution >= 4 is 17.5 Å². The number of anilines is 3. The smallest absolute Gasteiger partial charge is 0.224 e. The lowest BCUT2D eigenvalue weighted by molar-refractivity contribution is 0.342. The molecule has 0 fully saturated rings. The van der Waals surface area contributed by atoms with Gasteiger partial charge in [0.25, 0.3) is 0 Å². The van der Waals surface area contributed by atoms with E-state index in [1.165, 1.54) is 0 Å². The second-order valence-electron chi connectivity index (χ2n) is 6.19. The molecule has 0 aliphatic heterocycles. The largest absolute Gasteiger partial charge is 0.493 e. The molecule has 1 heterocycles. The molecule has 3 aromatic rings. The SMILES string of the molecule is CCOc1ccccc1Nc1ccnc(NCCc2ccc(OC)c(OC)c2)n1. The summed E-state index contributed by atoms with van der Waals surface area (Å²) >= 11 is 0. The zero-order valence-electron chi connectivity index (χ0n) is 16.9. The van der Waals surface area contributed by atoms with E-state index >= 15 is 0 Å². The number of para-hydroxylation sites is 2. The van der Waals surface area contributed by atoms with Crippen LogP contribution < -0.4 is 24.8 Å². The summed E-state index contributed by atoms with van der Waals surface area (Å²) in [5.41, 5.74) is 2.00. The van der Waals surface area contributed by atoms with E-state index in [2.05, 4.69) is 20.6 Å². The number of hydrogen-bond donors (Lipinski definition) is 2. The Balaban J connectivity index is 1.61. The van der Waals surface area contributed by atoms with Crippen LogP contribution in [0.15, 0.2) is 54.7 Å². The summed E-state index contributed by atoms with van der Waals surface area (Å²) in [5.74, 6) is 3.49. The molecule has 2 N–H and O–H groups in total. The predicted octanol–water partition coefficient (Wildman–Crippen LogP) is 4.29. The van der Waals surface area contributed by atoms with Gasteiger partial charge in [-0.25, -0.2) is 4.98 Å². The molecule has 0 saturated heterocycles. The van der Waals surface area contributed by atoms with E-state index in [0.29, 0.717) is 24.9 Å². The number of rotatable bonds is 10. The molecule has 1 aromatic heterocycles. The first-order valence-corrected chi connectivity index (χ1v) is 9.50. The van der Waals surface area contributed by atoms with Crippen molar-refractivity contribution in [3.63, 3.8) is 0 Å². The molecule has 0 bridgehead atoms. The molecule has 7 heteroatoms. The van der Waals surface area contributed by atoms with Gasteiger partial charge in [0.15, 0.2) is 11.5 Å². The molecule has 0 aliphatic rings. The third kappa shape index (κ3) is 5.51. The Hall–Kier alpha value is -3.48. The number of nitrogens with one attached hydrogen (secondary N) is 2. The molecule has 0 aliphatic carbocycles. The zero-order valence-corrected chi connectivity index (χ0v) is 16.9. The van der Waals surface area contributed by atoms with Crippen molar-refractivity contribution in [2.24, 2.45) is 0 Å². The Morgan fingerprint density at radius 3 is 2.55 bits per heavy atom. The molecule has 29 heavy (non-hydrogen) atoms. The van der Waals surface area contributed by atoms with E-state index in [1.807, 2.05) is 55.5 Å². The van der Waals surface area contributed by atoms with Gasteiger partial charge in [-0.2, -0.15) is 4.98 Å². The average Bonchev–Trinajstić information content (AvgIpc) is 2.75. The van der Waals surface area contributed by atoms with Gasteiger partial charge in [-0.3, -0.25) is 0 Å². The van der Waals surface area contributed by atoms with Gasteiger partial charge >= 0.3 is 0 Å². The summed E-state index contributed by atoms with van der Waals surface area (Å²) in [6.07, 6.45) is 2.52. The van der Waals surface area contributed by atoms with Crippen molar-refractivity contribution < 1.29 is 14.2 Å². The summed E-state index contributed by atoms with van der Waals surface area (Å²) in [6.45, 7) is 3.25. The third-order valence-electron chi connectivity index (χ3n) is 4.25. The Morgan fingerprint density at radius 1 is 0.931 bits per heavy atom. The lowest BCUT2D eigenvalue weighted by atomic mass is 10.1. The van der Waals surface area contributed by atoms with Crippen molar-refractivity contribution in [3.8, 4) is 17.2 Å². The number of hydrogen-bond acceptors (Lipinski definition) is 7. The first kappa shape index (κ1) is 20.3. The molecule has 0 saturated carbocycles. The van der Waals surface area contributed by atoms with Crippen LogP contribution in [0.1, 0.15) is 12.5 Å². The van der Waals surface area contributed by atoms with Gasteiger partial charge in [0.05, 0.1) is 26.5 Å². The van der Waals surface area contributed by atoms with Crippen molar-refractivity contribution in [2.45, 2.75) is 13.3 Å². The fraction of sp³-hybridized carbons (Fsp3) is 0.273. The Labute approximate surface area is 171 Å². The van der Waals surface area contributed by atoms with Gasteiger partial charge in [-0.15, -0.1) is 0 Å². The highest BCUT2D eigenvalue weighted by Gasteiger charge is 2.06. The van der Waals surface area contributed by atoms with Gasteiger partial charge in [0.2, 0.25) is 5.95 Å². The first-order valence-electron chi connectivity index (χ1n) is 9.50. The van der Waals surface area contributed by atoms with E-state index in [4.69, 9.17) is 14.2 Å². The van der Waals surface area contributed by atoms with Crippen molar-refractivity contribution in [2.75, 3.05) is 38.0 Å². The second kappa shape index (κ2) is 10.2. The van der Waals surface area contributed by atoms with Crippen LogP contribution in [0, 0.1) is 0 Å².